The van der Waals surface area contributed by atoms with Gasteiger partial charge in [0.25, 0.3) is 5.56 Å². The van der Waals surface area contributed by atoms with Crippen LogP contribution in [0.1, 0.15) is 0 Å². The smallest absolute Gasteiger partial charge is 0.267 e. The lowest BCUT2D eigenvalue weighted by atomic mass is 10.3. The molecule has 5 nitrogen and oxygen atoms in total. The molecule has 0 unspecified atom stereocenters. The number of piperazine rings is 1. The molecule has 0 saturated carbocycles. The molecule has 1 fully saturated rings. The van der Waals surface area contributed by atoms with Gasteiger partial charge in [0.1, 0.15) is 10.3 Å². The van der Waals surface area contributed by atoms with Gasteiger partial charge in [-0.25, -0.2) is 4.98 Å². The van der Waals surface area contributed by atoms with E-state index in [-0.39, 0.29) is 5.56 Å². The summed E-state index contributed by atoms with van der Waals surface area (Å²) in [6.45, 7) is 3.82. The van der Waals surface area contributed by atoms with Crippen molar-refractivity contribution in [2.45, 2.75) is 0 Å². The molecule has 1 aliphatic heterocycles. The Morgan fingerprint density at radius 1 is 1.40 bits per heavy atom. The monoisotopic (exact) mass is 272 g/mol. The highest BCUT2D eigenvalue weighted by Gasteiger charge is 2.18. The number of nitrogens with zero attached hydrogens (tertiary/aromatic N) is 3. The highest BCUT2D eigenvalue weighted by molar-refractivity contribution is 9.10. The molecule has 82 valence electrons. The van der Waals surface area contributed by atoms with Crippen molar-refractivity contribution in [1.29, 1.82) is 0 Å². The van der Waals surface area contributed by atoms with Crippen LogP contribution < -0.4 is 10.5 Å². The van der Waals surface area contributed by atoms with E-state index in [1.54, 1.807) is 0 Å². The molecule has 0 spiro atoms. The summed E-state index contributed by atoms with van der Waals surface area (Å²) in [4.78, 5) is 22.5. The fourth-order valence-electron chi connectivity index (χ4n) is 1.61. The maximum atomic E-state index is 11.4. The van der Waals surface area contributed by atoms with Gasteiger partial charge in [-0.15, -0.1) is 0 Å². The van der Waals surface area contributed by atoms with E-state index in [1.165, 1.54) is 6.33 Å². The summed E-state index contributed by atoms with van der Waals surface area (Å²) in [7, 11) is 2.09. The van der Waals surface area contributed by atoms with Gasteiger partial charge in [0, 0.05) is 26.2 Å². The summed E-state index contributed by atoms with van der Waals surface area (Å²) in [5, 5.41) is 0. The number of hydrogen-bond acceptors (Lipinski definition) is 4. The Morgan fingerprint density at radius 2 is 2.07 bits per heavy atom. The topological polar surface area (TPSA) is 52.2 Å². The van der Waals surface area contributed by atoms with Crippen LogP contribution in [0.3, 0.4) is 0 Å². The third kappa shape index (κ3) is 2.21. The van der Waals surface area contributed by atoms with E-state index in [9.17, 15) is 4.79 Å². The molecule has 2 heterocycles. The highest BCUT2D eigenvalue weighted by Crippen LogP contribution is 2.19. The standard InChI is InChI=1S/C9H13BrN4O/c1-13-2-4-14(5-3-13)8-7(10)9(15)12-6-11-8/h6H,2-5H2,1H3,(H,11,12,15). The zero-order valence-corrected chi connectivity index (χ0v) is 10.1. The third-order valence-corrected chi connectivity index (χ3v) is 3.30. The number of likely N-dealkylation sites (N-methyl/N-ethyl adjacent to an activating group) is 1. The van der Waals surface area contributed by atoms with Crippen molar-refractivity contribution in [2.75, 3.05) is 38.1 Å². The summed E-state index contributed by atoms with van der Waals surface area (Å²) in [5.74, 6) is 0.742. The minimum absolute atomic E-state index is 0.126. The van der Waals surface area contributed by atoms with Crippen LogP contribution in [0.2, 0.25) is 0 Å². The number of aromatic amines is 1. The second kappa shape index (κ2) is 4.32. The van der Waals surface area contributed by atoms with Crippen LogP contribution in [0.25, 0.3) is 0 Å². The maximum Gasteiger partial charge on any atom is 0.267 e. The number of hydrogen-bond donors (Lipinski definition) is 1. The van der Waals surface area contributed by atoms with Crippen molar-refractivity contribution in [3.8, 4) is 0 Å². The van der Waals surface area contributed by atoms with Gasteiger partial charge in [-0.05, 0) is 23.0 Å². The minimum atomic E-state index is -0.126. The summed E-state index contributed by atoms with van der Waals surface area (Å²) in [5.41, 5.74) is -0.126. The number of halogens is 1. The minimum Gasteiger partial charge on any atom is -0.353 e. The molecule has 0 bridgehead atoms. The summed E-state index contributed by atoms with van der Waals surface area (Å²) >= 11 is 3.27. The van der Waals surface area contributed by atoms with Crippen LogP contribution in [0.4, 0.5) is 5.82 Å². The van der Waals surface area contributed by atoms with Crippen molar-refractivity contribution in [1.82, 2.24) is 14.9 Å². The SMILES string of the molecule is CN1CCN(c2nc[nH]c(=O)c2Br)CC1. The molecule has 1 aromatic rings. The van der Waals surface area contributed by atoms with Gasteiger partial charge in [-0.1, -0.05) is 0 Å². The second-order valence-corrected chi connectivity index (χ2v) is 4.45. The molecule has 0 atom stereocenters. The number of nitrogens with one attached hydrogen (secondary N) is 1. The van der Waals surface area contributed by atoms with Gasteiger partial charge in [0.15, 0.2) is 0 Å². The molecule has 1 aromatic heterocycles. The quantitative estimate of drug-likeness (QED) is 0.798. The Labute approximate surface area is 96.2 Å². The molecule has 1 saturated heterocycles. The van der Waals surface area contributed by atoms with E-state index in [0.29, 0.717) is 4.47 Å². The van der Waals surface area contributed by atoms with E-state index < -0.39 is 0 Å². The van der Waals surface area contributed by atoms with E-state index in [1.807, 2.05) is 0 Å². The first kappa shape index (κ1) is 10.6. The number of H-pyrrole nitrogens is 1. The Kier molecular flexibility index (Phi) is 3.06. The van der Waals surface area contributed by atoms with Crippen LogP contribution in [0, 0.1) is 0 Å². The molecule has 0 aliphatic carbocycles. The molecule has 1 N–H and O–H groups in total. The molecule has 0 amide bonds. The molecule has 0 aromatic carbocycles. The Morgan fingerprint density at radius 3 is 2.73 bits per heavy atom. The van der Waals surface area contributed by atoms with Crippen molar-refractivity contribution >= 4 is 21.7 Å². The number of aromatic nitrogens is 2. The van der Waals surface area contributed by atoms with Crippen molar-refractivity contribution in [3.05, 3.63) is 21.2 Å². The molecule has 2 rings (SSSR count). The maximum absolute atomic E-state index is 11.4. The van der Waals surface area contributed by atoms with E-state index in [4.69, 9.17) is 0 Å². The lowest BCUT2D eigenvalue weighted by Crippen LogP contribution is -2.45. The van der Waals surface area contributed by atoms with Crippen LogP contribution in [0.15, 0.2) is 15.6 Å². The summed E-state index contributed by atoms with van der Waals surface area (Å²) < 4.78 is 0.523. The van der Waals surface area contributed by atoms with E-state index in [0.717, 1.165) is 32.0 Å². The van der Waals surface area contributed by atoms with Gasteiger partial charge in [-0.3, -0.25) is 4.79 Å². The number of anilines is 1. The largest absolute Gasteiger partial charge is 0.353 e. The van der Waals surface area contributed by atoms with Gasteiger partial charge >= 0.3 is 0 Å². The van der Waals surface area contributed by atoms with Crippen molar-refractivity contribution in [2.24, 2.45) is 0 Å². The normalized spacial score (nSPS) is 18.1. The molecule has 6 heteroatoms. The van der Waals surface area contributed by atoms with Gasteiger partial charge in [-0.2, -0.15) is 0 Å². The Bertz CT molecular complexity index is 397. The van der Waals surface area contributed by atoms with Gasteiger partial charge in [0.05, 0.1) is 6.33 Å². The molecule has 15 heavy (non-hydrogen) atoms. The third-order valence-electron chi connectivity index (χ3n) is 2.58. The van der Waals surface area contributed by atoms with Gasteiger partial charge in [0.2, 0.25) is 0 Å². The first-order valence-corrected chi connectivity index (χ1v) is 5.64. The van der Waals surface area contributed by atoms with Crippen LogP contribution in [-0.4, -0.2) is 48.1 Å². The fourth-order valence-corrected chi connectivity index (χ4v) is 2.08. The lowest BCUT2D eigenvalue weighted by Gasteiger charge is -2.33. The number of rotatable bonds is 1. The predicted octanol–water partition coefficient (Wildman–Crippen LogP) is 0.284. The van der Waals surface area contributed by atoms with Crippen LogP contribution in [0.5, 0.6) is 0 Å². The Hall–Kier alpha value is -0.880. The van der Waals surface area contributed by atoms with E-state index >= 15 is 0 Å². The van der Waals surface area contributed by atoms with Crippen LogP contribution >= 0.6 is 15.9 Å². The molecule has 1 aliphatic rings. The fraction of sp³-hybridized carbons (Fsp3) is 0.556. The average molecular weight is 273 g/mol. The summed E-state index contributed by atoms with van der Waals surface area (Å²) in [6.07, 6.45) is 1.45. The lowest BCUT2D eigenvalue weighted by molar-refractivity contribution is 0.312. The van der Waals surface area contributed by atoms with Crippen LogP contribution in [-0.2, 0) is 0 Å². The second-order valence-electron chi connectivity index (χ2n) is 3.66. The zero-order valence-electron chi connectivity index (χ0n) is 8.53. The van der Waals surface area contributed by atoms with Crippen molar-refractivity contribution < 1.29 is 0 Å². The summed E-state index contributed by atoms with van der Waals surface area (Å²) in [6, 6.07) is 0. The Balaban J connectivity index is 2.23. The zero-order chi connectivity index (χ0) is 10.8. The van der Waals surface area contributed by atoms with Crippen molar-refractivity contribution in [3.63, 3.8) is 0 Å². The predicted molar refractivity (Wildman–Crippen MR) is 62.3 cm³/mol. The molecular weight excluding hydrogens is 260 g/mol. The first-order valence-electron chi connectivity index (χ1n) is 4.85. The average Bonchev–Trinajstić information content (AvgIpc) is 2.24. The molecule has 0 radical (unpaired) electrons. The van der Waals surface area contributed by atoms with Gasteiger partial charge < -0.3 is 14.8 Å². The van der Waals surface area contributed by atoms with E-state index in [2.05, 4.69) is 42.7 Å². The first-order chi connectivity index (χ1) is 7.18. The highest BCUT2D eigenvalue weighted by atomic mass is 79.9. The molecular formula is C9H13BrN4O.